The number of sulfone groups is 1. The van der Waals surface area contributed by atoms with Gasteiger partial charge in [0, 0.05) is 6.54 Å². The summed E-state index contributed by atoms with van der Waals surface area (Å²) in [7, 11) is -4.10. The second-order valence-corrected chi connectivity index (χ2v) is 7.94. The molecule has 3 rings (SSSR count). The van der Waals surface area contributed by atoms with Crippen LogP contribution in [-0.4, -0.2) is 20.9 Å². The minimum absolute atomic E-state index is 0.0126. The summed E-state index contributed by atoms with van der Waals surface area (Å²) >= 11 is 0. The smallest absolute Gasteiger partial charge is 0.257 e. The van der Waals surface area contributed by atoms with Crippen LogP contribution >= 0.6 is 0 Å². The Balaban J connectivity index is 1.90. The first-order chi connectivity index (χ1) is 13.3. The largest absolute Gasteiger partial charge is 0.468 e. The number of hydrogen-bond acceptors (Lipinski definition) is 4. The minimum Gasteiger partial charge on any atom is -0.468 e. The molecule has 0 spiro atoms. The monoisotopic (exact) mass is 409 g/mol. The SMILES string of the molecule is O=C(NC[C@H](c1ccco1)S(=O)(=O)c1ccc(F)cc1)c1c(F)cccc1F. The van der Waals surface area contributed by atoms with Crippen LogP contribution in [0.1, 0.15) is 21.4 Å². The first-order valence-electron chi connectivity index (χ1n) is 8.06. The van der Waals surface area contributed by atoms with Crippen LogP contribution in [0.25, 0.3) is 0 Å². The van der Waals surface area contributed by atoms with Gasteiger partial charge in [-0.1, -0.05) is 6.07 Å². The molecule has 1 aromatic heterocycles. The molecular formula is C19H14F3NO4S. The van der Waals surface area contributed by atoms with Crippen LogP contribution in [0.4, 0.5) is 13.2 Å². The van der Waals surface area contributed by atoms with Crippen LogP contribution in [0, 0.1) is 17.5 Å². The lowest BCUT2D eigenvalue weighted by atomic mass is 10.2. The van der Waals surface area contributed by atoms with E-state index in [1.807, 2.05) is 0 Å². The Kier molecular flexibility index (Phi) is 5.55. The van der Waals surface area contributed by atoms with Crippen molar-refractivity contribution in [3.63, 3.8) is 0 Å². The molecular weight excluding hydrogens is 395 g/mol. The molecule has 0 aliphatic carbocycles. The molecule has 0 fully saturated rings. The molecule has 0 unspecified atom stereocenters. The molecule has 146 valence electrons. The third kappa shape index (κ3) is 3.94. The van der Waals surface area contributed by atoms with Gasteiger partial charge in [-0.2, -0.15) is 0 Å². The number of hydrogen-bond donors (Lipinski definition) is 1. The van der Waals surface area contributed by atoms with Crippen LogP contribution in [-0.2, 0) is 9.84 Å². The number of halogens is 3. The van der Waals surface area contributed by atoms with Crippen molar-refractivity contribution in [3.8, 4) is 0 Å². The lowest BCUT2D eigenvalue weighted by molar-refractivity contribution is 0.0944. The fraction of sp³-hybridized carbons (Fsp3) is 0.105. The zero-order valence-corrected chi connectivity index (χ0v) is 15.0. The second kappa shape index (κ2) is 7.89. The van der Waals surface area contributed by atoms with E-state index < -0.39 is 50.6 Å². The number of rotatable bonds is 6. The summed E-state index contributed by atoms with van der Waals surface area (Å²) < 4.78 is 71.7. The maximum Gasteiger partial charge on any atom is 0.257 e. The summed E-state index contributed by atoms with van der Waals surface area (Å²) in [6.45, 7) is -0.514. The van der Waals surface area contributed by atoms with Gasteiger partial charge in [-0.15, -0.1) is 0 Å². The Morgan fingerprint density at radius 3 is 2.18 bits per heavy atom. The van der Waals surface area contributed by atoms with Gasteiger partial charge < -0.3 is 9.73 Å². The summed E-state index contributed by atoms with van der Waals surface area (Å²) in [5, 5.41) is 0.841. The maximum atomic E-state index is 13.8. The Morgan fingerprint density at radius 2 is 1.61 bits per heavy atom. The number of carbonyl (C=O) groups is 1. The number of amides is 1. The summed E-state index contributed by atoms with van der Waals surface area (Å²) in [4.78, 5) is 12.0. The van der Waals surface area contributed by atoms with Gasteiger partial charge in [-0.25, -0.2) is 21.6 Å². The van der Waals surface area contributed by atoms with Crippen molar-refractivity contribution in [1.82, 2.24) is 5.32 Å². The first kappa shape index (κ1) is 19.7. The molecule has 5 nitrogen and oxygen atoms in total. The molecule has 2 aromatic carbocycles. The number of furan rings is 1. The molecule has 0 aliphatic heterocycles. The van der Waals surface area contributed by atoms with Crippen molar-refractivity contribution >= 4 is 15.7 Å². The topological polar surface area (TPSA) is 76.4 Å². The number of nitrogens with one attached hydrogen (secondary N) is 1. The molecule has 3 aromatic rings. The quantitative estimate of drug-likeness (QED) is 0.631. The van der Waals surface area contributed by atoms with E-state index in [0.29, 0.717) is 0 Å². The summed E-state index contributed by atoms with van der Waals surface area (Å²) in [6.07, 6.45) is 1.25. The van der Waals surface area contributed by atoms with Gasteiger partial charge >= 0.3 is 0 Å². The minimum atomic E-state index is -4.10. The van der Waals surface area contributed by atoms with Crippen LogP contribution in [0.3, 0.4) is 0 Å². The van der Waals surface area contributed by atoms with E-state index in [2.05, 4.69) is 5.32 Å². The Morgan fingerprint density at radius 1 is 0.964 bits per heavy atom. The van der Waals surface area contributed by atoms with Crippen molar-refractivity contribution in [3.05, 3.63) is 89.6 Å². The van der Waals surface area contributed by atoms with Gasteiger partial charge in [-0.3, -0.25) is 4.79 Å². The zero-order valence-electron chi connectivity index (χ0n) is 14.2. The average Bonchev–Trinajstić information content (AvgIpc) is 3.16. The van der Waals surface area contributed by atoms with Gasteiger partial charge in [0.1, 0.15) is 34.0 Å². The van der Waals surface area contributed by atoms with E-state index in [9.17, 15) is 26.4 Å². The van der Waals surface area contributed by atoms with Crippen LogP contribution in [0.15, 0.2) is 70.2 Å². The summed E-state index contributed by atoms with van der Waals surface area (Å²) in [5.74, 6) is -3.86. The van der Waals surface area contributed by atoms with Gasteiger partial charge in [0.05, 0.1) is 11.2 Å². The van der Waals surface area contributed by atoms with Crippen LogP contribution in [0.2, 0.25) is 0 Å². The predicted octanol–water partition coefficient (Wildman–Crippen LogP) is 3.64. The highest BCUT2D eigenvalue weighted by Gasteiger charge is 2.32. The van der Waals surface area contributed by atoms with E-state index in [1.54, 1.807) is 0 Å². The lowest BCUT2D eigenvalue weighted by Crippen LogP contribution is -2.32. The molecule has 28 heavy (non-hydrogen) atoms. The molecule has 0 bridgehead atoms. The van der Waals surface area contributed by atoms with Crippen molar-refractivity contribution < 1.29 is 30.8 Å². The Hall–Kier alpha value is -3.07. The molecule has 1 amide bonds. The van der Waals surface area contributed by atoms with Crippen molar-refractivity contribution in [1.29, 1.82) is 0 Å². The van der Waals surface area contributed by atoms with Gasteiger partial charge in [0.25, 0.3) is 5.91 Å². The summed E-state index contributed by atoms with van der Waals surface area (Å²) in [6, 6.07) is 9.92. The first-order valence-corrected chi connectivity index (χ1v) is 9.60. The maximum absolute atomic E-state index is 13.8. The molecule has 0 aliphatic rings. The van der Waals surface area contributed by atoms with Crippen molar-refractivity contribution in [2.24, 2.45) is 0 Å². The average molecular weight is 409 g/mol. The molecule has 0 saturated heterocycles. The molecule has 1 heterocycles. The summed E-state index contributed by atoms with van der Waals surface area (Å²) in [5.41, 5.74) is -0.820. The Labute approximate surface area is 158 Å². The highest BCUT2D eigenvalue weighted by atomic mass is 32.2. The van der Waals surface area contributed by atoms with Gasteiger partial charge in [0.15, 0.2) is 9.84 Å². The molecule has 1 atom stereocenters. The zero-order chi connectivity index (χ0) is 20.3. The fourth-order valence-electron chi connectivity index (χ4n) is 2.61. The van der Waals surface area contributed by atoms with Crippen molar-refractivity contribution in [2.45, 2.75) is 10.1 Å². The molecule has 9 heteroatoms. The molecule has 1 N–H and O–H groups in total. The van der Waals surface area contributed by atoms with Crippen LogP contribution < -0.4 is 5.32 Å². The Bertz CT molecular complexity index is 1060. The van der Waals surface area contributed by atoms with Gasteiger partial charge in [-0.05, 0) is 48.5 Å². The third-order valence-electron chi connectivity index (χ3n) is 4.02. The molecule has 0 saturated carbocycles. The predicted molar refractivity (Wildman–Crippen MR) is 93.7 cm³/mol. The highest BCUT2D eigenvalue weighted by Crippen LogP contribution is 2.29. The standard InChI is InChI=1S/C19H14F3NO4S/c20-12-6-8-13(9-7-12)28(25,26)17(16-5-2-10-27-16)11-23-19(24)18-14(21)3-1-4-15(18)22/h1-10,17H,11H2,(H,23,24)/t17-/m1/s1. The highest BCUT2D eigenvalue weighted by molar-refractivity contribution is 7.91. The number of benzene rings is 2. The van der Waals surface area contributed by atoms with E-state index >= 15 is 0 Å². The number of carbonyl (C=O) groups excluding carboxylic acids is 1. The molecule has 0 radical (unpaired) electrons. The normalized spacial score (nSPS) is 12.5. The van der Waals surface area contributed by atoms with Crippen molar-refractivity contribution in [2.75, 3.05) is 6.54 Å². The lowest BCUT2D eigenvalue weighted by Gasteiger charge is -2.17. The van der Waals surface area contributed by atoms with Gasteiger partial charge in [0.2, 0.25) is 0 Å². The van der Waals surface area contributed by atoms with E-state index in [0.717, 1.165) is 42.5 Å². The second-order valence-electron chi connectivity index (χ2n) is 5.81. The van der Waals surface area contributed by atoms with E-state index in [1.165, 1.54) is 18.4 Å². The van der Waals surface area contributed by atoms with E-state index in [-0.39, 0.29) is 10.7 Å². The third-order valence-corrected chi connectivity index (χ3v) is 6.09. The van der Waals surface area contributed by atoms with E-state index in [4.69, 9.17) is 4.42 Å². The fourth-order valence-corrected chi connectivity index (χ4v) is 4.20. The van der Waals surface area contributed by atoms with Crippen LogP contribution in [0.5, 0.6) is 0 Å².